The summed E-state index contributed by atoms with van der Waals surface area (Å²) in [5.74, 6) is 1.74. The zero-order chi connectivity index (χ0) is 29.2. The van der Waals surface area contributed by atoms with Gasteiger partial charge in [0, 0.05) is 37.9 Å². The van der Waals surface area contributed by atoms with Crippen molar-refractivity contribution >= 4 is 28.2 Å². The van der Waals surface area contributed by atoms with Crippen LogP contribution < -0.4 is 4.90 Å². The van der Waals surface area contributed by atoms with Crippen LogP contribution in [0, 0.1) is 19.9 Å². The Morgan fingerprint density at radius 3 is 1.77 bits per heavy atom. The standard InChI is InChI=1S/C21H12N.C18H17N3.Ir/c1-2-7-14(8-3-1)20-13-18-16-10-5-4-9-15(16)17-11-6-12-19(22-20)21(17)18;1-14-8-7-9-15(2)18(14)21(16-10-3-5-12-19-16)17-11-4-6-13-20-17;/h1-7,9-13H;3-13H,1-2H3;/q-1;;. The number of benzene rings is 4. The van der Waals surface area contributed by atoms with E-state index in [2.05, 4.69) is 108 Å². The summed E-state index contributed by atoms with van der Waals surface area (Å²) < 4.78 is 0. The first-order valence-electron chi connectivity index (χ1n) is 14.4. The number of rotatable bonds is 4. The molecule has 0 unspecified atom stereocenters. The number of hydrogen-bond donors (Lipinski definition) is 0. The van der Waals surface area contributed by atoms with Gasteiger partial charge in [-0.2, -0.15) is 0 Å². The summed E-state index contributed by atoms with van der Waals surface area (Å²) in [6, 6.07) is 46.6. The Morgan fingerprint density at radius 1 is 0.568 bits per heavy atom. The van der Waals surface area contributed by atoms with Gasteiger partial charge in [-0.05, 0) is 83.3 Å². The molecule has 0 atom stereocenters. The summed E-state index contributed by atoms with van der Waals surface area (Å²) in [6.07, 6.45) is 3.61. The largest absolute Gasteiger partial charge is 0.296 e. The Kier molecular flexibility index (Phi) is 8.42. The number of aryl methyl sites for hydroxylation is 2. The van der Waals surface area contributed by atoms with Crippen LogP contribution in [-0.2, 0) is 20.1 Å². The second-order valence-electron chi connectivity index (χ2n) is 10.5. The molecule has 3 aromatic heterocycles. The van der Waals surface area contributed by atoms with E-state index in [1.165, 1.54) is 38.8 Å². The van der Waals surface area contributed by atoms with Gasteiger partial charge in [-0.25, -0.2) is 9.97 Å². The second kappa shape index (κ2) is 12.7. The smallest absolute Gasteiger partial charge is 0.138 e. The van der Waals surface area contributed by atoms with Gasteiger partial charge in [0.1, 0.15) is 11.6 Å². The fraction of sp³-hybridized carbons (Fsp3) is 0.0513. The van der Waals surface area contributed by atoms with Crippen LogP contribution in [-0.4, -0.2) is 15.0 Å². The first kappa shape index (κ1) is 29.1. The summed E-state index contributed by atoms with van der Waals surface area (Å²) in [7, 11) is 0. The number of fused-ring (bicyclic) bond motifs is 3. The van der Waals surface area contributed by atoms with Crippen molar-refractivity contribution in [1.82, 2.24) is 15.0 Å². The monoisotopic (exact) mass is 746 g/mol. The molecule has 8 rings (SSSR count). The quantitative estimate of drug-likeness (QED) is 0.168. The van der Waals surface area contributed by atoms with E-state index >= 15 is 0 Å². The molecule has 5 heteroatoms. The van der Waals surface area contributed by atoms with E-state index in [1.54, 1.807) is 12.4 Å². The van der Waals surface area contributed by atoms with Crippen molar-refractivity contribution < 1.29 is 20.1 Å². The first-order chi connectivity index (χ1) is 21.2. The summed E-state index contributed by atoms with van der Waals surface area (Å²) in [5.41, 5.74) is 11.8. The van der Waals surface area contributed by atoms with Crippen molar-refractivity contribution in [3.8, 4) is 33.5 Å². The molecule has 44 heavy (non-hydrogen) atoms. The number of hydrogen-bond acceptors (Lipinski definition) is 4. The van der Waals surface area contributed by atoms with E-state index < -0.39 is 0 Å². The van der Waals surface area contributed by atoms with E-state index in [0.717, 1.165) is 34.1 Å². The molecule has 0 aliphatic heterocycles. The van der Waals surface area contributed by atoms with Crippen molar-refractivity contribution in [2.75, 3.05) is 4.90 Å². The Hall–Kier alpha value is -4.96. The number of aromatic nitrogens is 3. The minimum atomic E-state index is 0. The van der Waals surface area contributed by atoms with Gasteiger partial charge in [-0.3, -0.25) is 9.88 Å². The Balaban J connectivity index is 0.000000153. The van der Waals surface area contributed by atoms with Gasteiger partial charge >= 0.3 is 0 Å². The van der Waals surface area contributed by atoms with E-state index in [-0.39, 0.29) is 20.1 Å². The van der Waals surface area contributed by atoms with E-state index in [9.17, 15) is 0 Å². The number of para-hydroxylation sites is 1. The molecule has 4 nitrogen and oxygen atoms in total. The van der Waals surface area contributed by atoms with E-state index in [4.69, 9.17) is 4.98 Å². The molecule has 1 aliphatic rings. The van der Waals surface area contributed by atoms with Crippen LogP contribution in [0.2, 0.25) is 0 Å². The maximum Gasteiger partial charge on any atom is 0.138 e. The number of anilines is 3. The normalized spacial score (nSPS) is 10.8. The van der Waals surface area contributed by atoms with Gasteiger partial charge in [0.25, 0.3) is 0 Å². The van der Waals surface area contributed by atoms with Crippen LogP contribution in [0.3, 0.4) is 0 Å². The molecule has 4 aromatic carbocycles. The third kappa shape index (κ3) is 5.44. The molecular formula is C39H29IrN4-. The van der Waals surface area contributed by atoms with Crippen molar-refractivity contribution in [3.05, 3.63) is 157 Å². The Morgan fingerprint density at radius 2 is 1.16 bits per heavy atom. The van der Waals surface area contributed by atoms with Crippen LogP contribution in [0.1, 0.15) is 11.1 Å². The predicted octanol–water partition coefficient (Wildman–Crippen LogP) is 9.91. The van der Waals surface area contributed by atoms with Gasteiger partial charge < -0.3 is 0 Å². The minimum absolute atomic E-state index is 0. The molecule has 3 heterocycles. The minimum Gasteiger partial charge on any atom is -0.296 e. The summed E-state index contributed by atoms with van der Waals surface area (Å²) in [6.45, 7) is 4.22. The third-order valence-electron chi connectivity index (χ3n) is 7.75. The fourth-order valence-electron chi connectivity index (χ4n) is 5.84. The zero-order valence-electron chi connectivity index (χ0n) is 24.4. The molecule has 0 saturated carbocycles. The first-order valence-corrected chi connectivity index (χ1v) is 14.4. The number of nitrogens with zero attached hydrogens (tertiary/aromatic N) is 4. The van der Waals surface area contributed by atoms with Crippen molar-refractivity contribution in [1.29, 1.82) is 0 Å². The van der Waals surface area contributed by atoms with E-state index in [0.29, 0.717) is 0 Å². The third-order valence-corrected chi connectivity index (χ3v) is 7.75. The van der Waals surface area contributed by atoms with Crippen molar-refractivity contribution in [2.45, 2.75) is 13.8 Å². The van der Waals surface area contributed by atoms with Crippen LogP contribution in [0.15, 0.2) is 140 Å². The van der Waals surface area contributed by atoms with Gasteiger partial charge in [-0.15, -0.1) is 35.9 Å². The summed E-state index contributed by atoms with van der Waals surface area (Å²) in [4.78, 5) is 16.0. The molecule has 1 radical (unpaired) electrons. The molecule has 215 valence electrons. The molecule has 7 aromatic rings. The molecule has 0 N–H and O–H groups in total. The summed E-state index contributed by atoms with van der Waals surface area (Å²) in [5, 5.41) is 1.27. The van der Waals surface area contributed by atoms with Crippen LogP contribution in [0.4, 0.5) is 17.3 Å². The van der Waals surface area contributed by atoms with E-state index in [1.807, 2.05) is 54.6 Å². The predicted molar refractivity (Wildman–Crippen MR) is 177 cm³/mol. The molecule has 0 bridgehead atoms. The van der Waals surface area contributed by atoms with Gasteiger partial charge in [0.15, 0.2) is 0 Å². The van der Waals surface area contributed by atoms with Gasteiger partial charge in [-0.1, -0.05) is 72.8 Å². The zero-order valence-corrected chi connectivity index (χ0v) is 26.8. The Bertz CT molecular complexity index is 1990. The molecule has 0 saturated heterocycles. The molecule has 0 fully saturated rings. The van der Waals surface area contributed by atoms with Crippen LogP contribution >= 0.6 is 0 Å². The molecule has 1 aliphatic carbocycles. The average Bonchev–Trinajstić information content (AvgIpc) is 3.39. The summed E-state index contributed by atoms with van der Waals surface area (Å²) >= 11 is 0. The SMILES string of the molecule is Cc1cccc(C)c1N(c1ccccn1)c1ccccn1.[Ir].[c-]1ccccc1-c1cc2c3c(cccc3n1)-c1ccccc1-2. The fourth-order valence-corrected chi connectivity index (χ4v) is 5.84. The molecule has 0 spiro atoms. The Labute approximate surface area is 271 Å². The topological polar surface area (TPSA) is 41.9 Å². The van der Waals surface area contributed by atoms with Gasteiger partial charge in [0.05, 0.1) is 11.2 Å². The van der Waals surface area contributed by atoms with Crippen molar-refractivity contribution in [3.63, 3.8) is 0 Å². The van der Waals surface area contributed by atoms with Crippen molar-refractivity contribution in [2.24, 2.45) is 0 Å². The number of pyridine rings is 3. The maximum atomic E-state index is 4.86. The maximum absolute atomic E-state index is 4.86. The second-order valence-corrected chi connectivity index (χ2v) is 10.5. The van der Waals surface area contributed by atoms with Crippen LogP contribution in [0.5, 0.6) is 0 Å². The van der Waals surface area contributed by atoms with Crippen LogP contribution in [0.25, 0.3) is 44.4 Å². The molecular weight excluding hydrogens is 717 g/mol. The molecule has 0 amide bonds. The van der Waals surface area contributed by atoms with Gasteiger partial charge in [0.2, 0.25) is 0 Å². The average molecular weight is 746 g/mol.